The maximum atomic E-state index is 12.8. The fourth-order valence-corrected chi connectivity index (χ4v) is 5.97. The van der Waals surface area contributed by atoms with Gasteiger partial charge in [-0.05, 0) is 32.6 Å². The standard InChI is InChI=1S/C31H46N2O6S/c1-20-10-9-11-28(35)39-30(23(4)29(36)24(5)32-25(6)34)22(3)13-12-21(2)18-26-14-15-27(33-40(8,37)38)19-31(26,7)17-16-20/h9-18,22-24,26-27,29-30,33,36H,19H2,1-8H3,(H,32,34)/b11-9+,13-12+,17-16+,20-10-,21-18+/t22-,23-,24-,26-,27+,29+,30-,31-/m1/s1. The van der Waals surface area contributed by atoms with Gasteiger partial charge in [-0.2, -0.15) is 0 Å². The Morgan fingerprint density at radius 1 is 1.12 bits per heavy atom. The molecule has 40 heavy (non-hydrogen) atoms. The quantitative estimate of drug-likeness (QED) is 0.324. The number of cyclic esters (lactones) is 1. The van der Waals surface area contributed by atoms with Crippen LogP contribution in [0.5, 0.6) is 0 Å². The molecule has 1 heterocycles. The Labute approximate surface area is 240 Å². The van der Waals surface area contributed by atoms with Crippen LogP contribution in [-0.2, 0) is 24.3 Å². The molecule has 0 aromatic heterocycles. The number of allylic oxidation sites excluding steroid dienone is 9. The summed E-state index contributed by atoms with van der Waals surface area (Å²) in [6, 6.07) is -0.836. The van der Waals surface area contributed by atoms with Gasteiger partial charge in [0.1, 0.15) is 6.10 Å². The second-order valence-corrected chi connectivity index (χ2v) is 13.4. The summed E-state index contributed by atoms with van der Waals surface area (Å²) in [5.74, 6) is -1.46. The lowest BCUT2D eigenvalue weighted by Crippen LogP contribution is -2.48. The zero-order valence-electron chi connectivity index (χ0n) is 24.9. The number of sulfonamides is 1. The molecule has 0 fully saturated rings. The number of fused-ring (bicyclic) bond motifs is 1. The second kappa shape index (κ2) is 14.2. The van der Waals surface area contributed by atoms with Crippen molar-refractivity contribution in [2.24, 2.45) is 23.2 Å². The molecule has 1 aliphatic carbocycles. The highest BCUT2D eigenvalue weighted by atomic mass is 32.2. The first kappa shape index (κ1) is 33.5. The molecule has 0 spiro atoms. The normalized spacial score (nSPS) is 35.4. The second-order valence-electron chi connectivity index (χ2n) is 11.6. The summed E-state index contributed by atoms with van der Waals surface area (Å²) in [5.41, 5.74) is 1.55. The minimum atomic E-state index is -3.36. The van der Waals surface area contributed by atoms with Gasteiger partial charge in [0.2, 0.25) is 15.9 Å². The molecule has 2 rings (SSSR count). The van der Waals surface area contributed by atoms with Crippen molar-refractivity contribution in [1.82, 2.24) is 10.0 Å². The van der Waals surface area contributed by atoms with Gasteiger partial charge in [0.25, 0.3) is 0 Å². The van der Waals surface area contributed by atoms with Crippen molar-refractivity contribution in [3.05, 3.63) is 71.9 Å². The number of aliphatic hydroxyl groups is 1. The Morgan fingerprint density at radius 3 is 2.42 bits per heavy atom. The number of hydrogen-bond donors (Lipinski definition) is 3. The van der Waals surface area contributed by atoms with E-state index in [-0.39, 0.29) is 29.2 Å². The summed E-state index contributed by atoms with van der Waals surface area (Å²) in [7, 11) is -3.36. The molecule has 8 nitrogen and oxygen atoms in total. The maximum absolute atomic E-state index is 12.8. The van der Waals surface area contributed by atoms with Crippen LogP contribution in [0.3, 0.4) is 0 Å². The van der Waals surface area contributed by atoms with Crippen molar-refractivity contribution >= 4 is 21.9 Å². The van der Waals surface area contributed by atoms with Crippen LogP contribution in [0.4, 0.5) is 0 Å². The Balaban J connectivity index is 2.49. The summed E-state index contributed by atoms with van der Waals surface area (Å²) >= 11 is 0. The summed E-state index contributed by atoms with van der Waals surface area (Å²) < 4.78 is 32.3. The first-order valence-corrected chi connectivity index (χ1v) is 15.6. The number of aliphatic hydroxyl groups excluding tert-OH is 1. The molecular weight excluding hydrogens is 528 g/mol. The van der Waals surface area contributed by atoms with Gasteiger partial charge in [-0.15, -0.1) is 0 Å². The van der Waals surface area contributed by atoms with Crippen LogP contribution < -0.4 is 10.0 Å². The summed E-state index contributed by atoms with van der Waals surface area (Å²) in [6.45, 7) is 12.9. The average Bonchev–Trinajstić information content (AvgIpc) is 2.83. The van der Waals surface area contributed by atoms with Gasteiger partial charge in [-0.3, -0.25) is 4.79 Å². The molecular formula is C31H46N2O6S. The minimum absolute atomic E-state index is 0.0189. The molecule has 222 valence electrons. The summed E-state index contributed by atoms with van der Waals surface area (Å²) in [5, 5.41) is 13.7. The molecule has 1 amide bonds. The Hall–Kier alpha value is -2.75. The molecule has 1 aliphatic heterocycles. The largest absolute Gasteiger partial charge is 0.458 e. The zero-order chi connectivity index (χ0) is 30.3. The topological polar surface area (TPSA) is 122 Å². The lowest BCUT2D eigenvalue weighted by Gasteiger charge is -2.38. The number of carbonyl (C=O) groups is 2. The third kappa shape index (κ3) is 10.3. The molecule has 3 N–H and O–H groups in total. The zero-order valence-corrected chi connectivity index (χ0v) is 25.7. The highest BCUT2D eigenvalue weighted by Gasteiger charge is 2.36. The highest BCUT2D eigenvalue weighted by Crippen LogP contribution is 2.41. The molecule has 0 aromatic carbocycles. The molecule has 9 heteroatoms. The van der Waals surface area contributed by atoms with Crippen molar-refractivity contribution in [2.45, 2.75) is 79.2 Å². The molecule has 0 unspecified atom stereocenters. The van der Waals surface area contributed by atoms with E-state index in [4.69, 9.17) is 4.74 Å². The first-order valence-electron chi connectivity index (χ1n) is 13.7. The van der Waals surface area contributed by atoms with E-state index in [1.54, 1.807) is 13.0 Å². The molecule has 0 aromatic rings. The van der Waals surface area contributed by atoms with E-state index in [1.807, 2.05) is 64.2 Å². The monoisotopic (exact) mass is 574 g/mol. The van der Waals surface area contributed by atoms with Crippen LogP contribution in [0, 0.1) is 23.2 Å². The summed E-state index contributed by atoms with van der Waals surface area (Å²) in [4.78, 5) is 24.3. The molecule has 0 saturated heterocycles. The summed E-state index contributed by atoms with van der Waals surface area (Å²) in [6.07, 6.45) is 19.1. The molecule has 0 radical (unpaired) electrons. The van der Waals surface area contributed by atoms with Crippen LogP contribution in [0.15, 0.2) is 71.9 Å². The number of carbonyl (C=O) groups excluding carboxylic acids is 2. The predicted octanol–water partition coefficient (Wildman–Crippen LogP) is 4.13. The maximum Gasteiger partial charge on any atom is 0.331 e. The lowest BCUT2D eigenvalue weighted by molar-refractivity contribution is -0.151. The van der Waals surface area contributed by atoms with Gasteiger partial charge in [-0.1, -0.05) is 86.6 Å². The number of hydrogen-bond acceptors (Lipinski definition) is 6. The minimum Gasteiger partial charge on any atom is -0.458 e. The highest BCUT2D eigenvalue weighted by molar-refractivity contribution is 7.88. The number of nitrogens with one attached hydrogen (secondary N) is 2. The third-order valence-electron chi connectivity index (χ3n) is 7.53. The smallest absolute Gasteiger partial charge is 0.331 e. The van der Waals surface area contributed by atoms with Crippen LogP contribution in [0.1, 0.15) is 54.9 Å². The molecule has 2 aliphatic rings. The fraction of sp³-hybridized carbons (Fsp3) is 0.548. The van der Waals surface area contributed by atoms with Crippen molar-refractivity contribution in [1.29, 1.82) is 0 Å². The van der Waals surface area contributed by atoms with Crippen LogP contribution in [-0.4, -0.2) is 55.9 Å². The number of rotatable bonds is 6. The number of esters is 1. The van der Waals surface area contributed by atoms with Crippen molar-refractivity contribution in [3.8, 4) is 0 Å². The number of amides is 1. The van der Waals surface area contributed by atoms with Crippen molar-refractivity contribution in [2.75, 3.05) is 6.26 Å². The van der Waals surface area contributed by atoms with Crippen LogP contribution in [0.2, 0.25) is 0 Å². The van der Waals surface area contributed by atoms with E-state index >= 15 is 0 Å². The SMILES string of the molecule is CC(=O)N[C@H](C)[C@@H](O)[C@@H](C)[C@@H]1OC(=O)/C=C/C=C(C)\C=C\[C@]2(C)C[C@@H](NS(C)(=O)=O)C=C[C@@H]2/C=C(C)/C=C/[C@H]1C. The van der Waals surface area contributed by atoms with Gasteiger partial charge in [0.05, 0.1) is 18.4 Å². The Bertz CT molecular complexity index is 1210. The van der Waals surface area contributed by atoms with Gasteiger partial charge < -0.3 is 15.2 Å². The van der Waals surface area contributed by atoms with Crippen LogP contribution in [0.25, 0.3) is 0 Å². The van der Waals surface area contributed by atoms with E-state index in [0.29, 0.717) is 6.42 Å². The van der Waals surface area contributed by atoms with E-state index in [0.717, 1.165) is 17.4 Å². The van der Waals surface area contributed by atoms with E-state index in [9.17, 15) is 23.1 Å². The lowest BCUT2D eigenvalue weighted by atomic mass is 9.68. The van der Waals surface area contributed by atoms with Crippen LogP contribution >= 0.6 is 0 Å². The van der Waals surface area contributed by atoms with E-state index in [1.165, 1.54) is 13.0 Å². The van der Waals surface area contributed by atoms with Crippen molar-refractivity contribution in [3.63, 3.8) is 0 Å². The van der Waals surface area contributed by atoms with E-state index < -0.39 is 40.2 Å². The average molecular weight is 575 g/mol. The van der Waals surface area contributed by atoms with Gasteiger partial charge in [0.15, 0.2) is 0 Å². The molecule has 0 saturated carbocycles. The van der Waals surface area contributed by atoms with Gasteiger partial charge >= 0.3 is 5.97 Å². The molecule has 0 bridgehead atoms. The predicted molar refractivity (Wildman–Crippen MR) is 160 cm³/mol. The third-order valence-corrected chi connectivity index (χ3v) is 8.26. The molecule has 8 atom stereocenters. The number of ether oxygens (including phenoxy) is 1. The Kier molecular flexibility index (Phi) is 11.9. The fourth-order valence-electron chi connectivity index (χ4n) is 5.26. The first-order chi connectivity index (χ1) is 18.5. The van der Waals surface area contributed by atoms with Crippen molar-refractivity contribution < 1.29 is 27.9 Å². The van der Waals surface area contributed by atoms with Gasteiger partial charge in [0, 0.05) is 36.8 Å². The Morgan fingerprint density at radius 2 is 1.80 bits per heavy atom. The van der Waals surface area contributed by atoms with E-state index in [2.05, 4.69) is 29.1 Å². The van der Waals surface area contributed by atoms with Gasteiger partial charge in [-0.25, -0.2) is 17.9 Å².